The number of hydrogen-bond donors (Lipinski definition) is 2. The Morgan fingerprint density at radius 2 is 1.83 bits per heavy atom. The number of amides is 2. The van der Waals surface area contributed by atoms with Gasteiger partial charge in [0.05, 0.1) is 12.1 Å². The molecule has 2 amide bonds. The van der Waals surface area contributed by atoms with Gasteiger partial charge >= 0.3 is 0 Å². The van der Waals surface area contributed by atoms with Crippen LogP contribution >= 0.6 is 23.2 Å². The van der Waals surface area contributed by atoms with Crippen LogP contribution in [-0.2, 0) is 16.0 Å². The minimum atomic E-state index is -0.731. The number of halogens is 3. The molecule has 0 aliphatic carbocycles. The summed E-state index contributed by atoms with van der Waals surface area (Å²) in [5, 5.41) is 1.01. The minimum Gasteiger partial charge on any atom is -0.368 e. The van der Waals surface area contributed by atoms with Crippen molar-refractivity contribution in [2.24, 2.45) is 11.5 Å². The fourth-order valence-electron chi connectivity index (χ4n) is 4.96. The number of carbonyl (C=O) groups is 2. The summed E-state index contributed by atoms with van der Waals surface area (Å²) < 4.78 is 13.2. The lowest BCUT2D eigenvalue weighted by Gasteiger charge is -2.45. The Hall–Kier alpha value is -2.19. The third kappa shape index (κ3) is 6.73. The van der Waals surface area contributed by atoms with Crippen molar-refractivity contribution in [3.8, 4) is 0 Å². The number of rotatable bonds is 9. The van der Waals surface area contributed by atoms with Crippen LogP contribution in [-0.4, -0.2) is 59.4 Å². The lowest BCUT2D eigenvalue weighted by Crippen LogP contribution is -2.62. The maximum Gasteiger partial charge on any atom is 0.240 e. The smallest absolute Gasteiger partial charge is 0.240 e. The summed E-state index contributed by atoms with van der Waals surface area (Å²) in [4.78, 5) is 29.7. The number of primary amides is 1. The largest absolute Gasteiger partial charge is 0.368 e. The van der Waals surface area contributed by atoms with Crippen molar-refractivity contribution < 1.29 is 14.0 Å². The first kappa shape index (κ1) is 27.4. The van der Waals surface area contributed by atoms with Crippen LogP contribution in [0, 0.1) is 5.82 Å². The zero-order chi connectivity index (χ0) is 25.7. The Morgan fingerprint density at radius 3 is 2.43 bits per heavy atom. The van der Waals surface area contributed by atoms with E-state index in [4.69, 9.17) is 34.7 Å². The van der Waals surface area contributed by atoms with Gasteiger partial charge in [0.1, 0.15) is 5.82 Å². The van der Waals surface area contributed by atoms with Crippen LogP contribution in [0.25, 0.3) is 0 Å². The number of carbonyl (C=O) groups excluding carboxylic acids is 2. The standard InChI is InChI=1S/C26H33Cl2FN4O2/c1-3-4-20-15-32(24(25(31)34)16(2)21-10-7-18(27)14-22(21)28)11-12-33(20)26(35)23(30)13-17-5-8-19(29)9-6-17/h5-10,14,16,20,23-24H,3-4,11-13,15,30H2,1-2H3,(H2,31,34). The number of hydrogen-bond acceptors (Lipinski definition) is 4. The fraction of sp³-hybridized carbons (Fsp3) is 0.462. The molecule has 4 unspecified atom stereocenters. The van der Waals surface area contributed by atoms with E-state index < -0.39 is 18.0 Å². The molecule has 0 aromatic heterocycles. The van der Waals surface area contributed by atoms with Gasteiger partial charge in [0, 0.05) is 41.6 Å². The van der Waals surface area contributed by atoms with Gasteiger partial charge in [-0.15, -0.1) is 0 Å². The monoisotopic (exact) mass is 522 g/mol. The van der Waals surface area contributed by atoms with E-state index in [1.807, 2.05) is 22.8 Å². The molecule has 3 rings (SSSR count). The summed E-state index contributed by atoms with van der Waals surface area (Å²) in [6, 6.07) is 9.83. The molecule has 190 valence electrons. The summed E-state index contributed by atoms with van der Waals surface area (Å²) in [7, 11) is 0. The molecule has 6 nitrogen and oxygen atoms in total. The Morgan fingerprint density at radius 1 is 1.14 bits per heavy atom. The molecule has 0 bridgehead atoms. The van der Waals surface area contributed by atoms with Gasteiger partial charge in [0.15, 0.2) is 0 Å². The zero-order valence-corrected chi connectivity index (χ0v) is 21.6. The number of nitrogens with zero attached hydrogens (tertiary/aromatic N) is 2. The maximum absolute atomic E-state index is 13.3. The third-order valence-electron chi connectivity index (χ3n) is 6.72. The van der Waals surface area contributed by atoms with Gasteiger partial charge in [-0.25, -0.2) is 4.39 Å². The first-order chi connectivity index (χ1) is 16.6. The summed E-state index contributed by atoms with van der Waals surface area (Å²) in [6.45, 7) is 5.41. The van der Waals surface area contributed by atoms with E-state index in [-0.39, 0.29) is 23.7 Å². The highest BCUT2D eigenvalue weighted by Crippen LogP contribution is 2.32. The van der Waals surface area contributed by atoms with Gasteiger partial charge in [-0.3, -0.25) is 14.5 Å². The van der Waals surface area contributed by atoms with Crippen molar-refractivity contribution in [1.29, 1.82) is 0 Å². The van der Waals surface area contributed by atoms with Crippen LogP contribution in [0.2, 0.25) is 10.0 Å². The second-order valence-corrected chi connectivity index (χ2v) is 10.1. The van der Waals surface area contributed by atoms with Crippen LogP contribution < -0.4 is 11.5 Å². The van der Waals surface area contributed by atoms with Gasteiger partial charge in [-0.1, -0.05) is 61.7 Å². The number of benzene rings is 2. The molecule has 35 heavy (non-hydrogen) atoms. The molecule has 9 heteroatoms. The first-order valence-electron chi connectivity index (χ1n) is 11.9. The van der Waals surface area contributed by atoms with Crippen molar-refractivity contribution in [1.82, 2.24) is 9.80 Å². The van der Waals surface area contributed by atoms with Crippen LogP contribution in [0.1, 0.15) is 43.7 Å². The van der Waals surface area contributed by atoms with Crippen LogP contribution in [0.15, 0.2) is 42.5 Å². The van der Waals surface area contributed by atoms with Crippen LogP contribution in [0.3, 0.4) is 0 Å². The Balaban J connectivity index is 1.75. The normalized spacial score (nSPS) is 19.3. The molecule has 2 aromatic rings. The SMILES string of the molecule is CCCC1CN(C(C(N)=O)C(C)c2ccc(Cl)cc2Cl)CCN1C(=O)C(N)Cc1ccc(F)cc1. The molecule has 0 spiro atoms. The summed E-state index contributed by atoms with van der Waals surface area (Å²) >= 11 is 12.5. The van der Waals surface area contributed by atoms with Gasteiger partial charge < -0.3 is 16.4 Å². The second kappa shape index (κ2) is 12.2. The topological polar surface area (TPSA) is 92.7 Å². The van der Waals surface area contributed by atoms with E-state index in [0.717, 1.165) is 24.0 Å². The molecule has 1 saturated heterocycles. The summed E-state index contributed by atoms with van der Waals surface area (Å²) in [6.07, 6.45) is 1.97. The Bertz CT molecular complexity index is 1040. The van der Waals surface area contributed by atoms with E-state index in [1.165, 1.54) is 12.1 Å². The molecule has 4 atom stereocenters. The predicted octanol–water partition coefficient (Wildman–Crippen LogP) is 3.97. The van der Waals surface area contributed by atoms with E-state index in [9.17, 15) is 14.0 Å². The average molecular weight is 523 g/mol. The van der Waals surface area contributed by atoms with Crippen LogP contribution in [0.5, 0.6) is 0 Å². The highest BCUT2D eigenvalue weighted by Gasteiger charge is 2.39. The highest BCUT2D eigenvalue weighted by atomic mass is 35.5. The number of nitrogens with two attached hydrogens (primary N) is 2. The van der Waals surface area contributed by atoms with Crippen LogP contribution in [0.4, 0.5) is 4.39 Å². The number of piperazine rings is 1. The zero-order valence-electron chi connectivity index (χ0n) is 20.1. The third-order valence-corrected chi connectivity index (χ3v) is 7.28. The Kier molecular flexibility index (Phi) is 9.53. The maximum atomic E-state index is 13.3. The summed E-state index contributed by atoms with van der Waals surface area (Å²) in [5.41, 5.74) is 13.7. The first-order valence-corrected chi connectivity index (χ1v) is 12.7. The molecule has 1 fully saturated rings. The predicted molar refractivity (Wildman–Crippen MR) is 138 cm³/mol. The van der Waals surface area contributed by atoms with E-state index in [0.29, 0.717) is 36.1 Å². The fourth-order valence-corrected chi connectivity index (χ4v) is 5.54. The van der Waals surface area contributed by atoms with E-state index in [2.05, 4.69) is 6.92 Å². The minimum absolute atomic E-state index is 0.102. The molecule has 4 N–H and O–H groups in total. The molecule has 0 saturated carbocycles. The van der Waals surface area contributed by atoms with Gasteiger partial charge in [-0.2, -0.15) is 0 Å². The quantitative estimate of drug-likeness (QED) is 0.520. The molecule has 0 radical (unpaired) electrons. The van der Waals surface area contributed by atoms with E-state index >= 15 is 0 Å². The lowest BCUT2D eigenvalue weighted by atomic mass is 9.90. The van der Waals surface area contributed by atoms with E-state index in [1.54, 1.807) is 24.3 Å². The van der Waals surface area contributed by atoms with Gasteiger partial charge in [0.2, 0.25) is 11.8 Å². The van der Waals surface area contributed by atoms with Crippen molar-refractivity contribution in [3.63, 3.8) is 0 Å². The highest BCUT2D eigenvalue weighted by molar-refractivity contribution is 6.35. The molecule has 1 aliphatic rings. The van der Waals surface area contributed by atoms with Crippen molar-refractivity contribution in [2.45, 2.75) is 57.2 Å². The summed E-state index contributed by atoms with van der Waals surface area (Å²) in [5.74, 6) is -1.17. The molecular formula is C26H33Cl2FN4O2. The Labute approximate surface area is 216 Å². The molecule has 1 aliphatic heterocycles. The molecule has 2 aromatic carbocycles. The van der Waals surface area contributed by atoms with Gasteiger partial charge in [0.25, 0.3) is 0 Å². The molecular weight excluding hydrogens is 490 g/mol. The lowest BCUT2D eigenvalue weighted by molar-refractivity contribution is -0.139. The second-order valence-electron chi connectivity index (χ2n) is 9.21. The van der Waals surface area contributed by atoms with Crippen molar-refractivity contribution in [2.75, 3.05) is 19.6 Å². The average Bonchev–Trinajstić information content (AvgIpc) is 2.80. The van der Waals surface area contributed by atoms with Crippen molar-refractivity contribution >= 4 is 35.0 Å². The molecule has 1 heterocycles. The van der Waals surface area contributed by atoms with Gasteiger partial charge in [-0.05, 0) is 48.2 Å². The van der Waals surface area contributed by atoms with Crippen molar-refractivity contribution in [3.05, 3.63) is 69.5 Å².